The summed E-state index contributed by atoms with van der Waals surface area (Å²) in [6, 6.07) is 0.630. The minimum absolute atomic E-state index is 0.152. The highest BCUT2D eigenvalue weighted by molar-refractivity contribution is 5.77. The van der Waals surface area contributed by atoms with E-state index in [9.17, 15) is 4.79 Å². The maximum absolute atomic E-state index is 11.6. The van der Waals surface area contributed by atoms with E-state index >= 15 is 0 Å². The summed E-state index contributed by atoms with van der Waals surface area (Å²) >= 11 is 0. The second kappa shape index (κ2) is 6.53. The number of amides is 1. The number of carbonyl (C=O) groups excluding carboxylic acids is 1. The van der Waals surface area contributed by atoms with E-state index in [4.69, 9.17) is 0 Å². The molecule has 1 aliphatic heterocycles. The topological polar surface area (TPSA) is 44.4 Å². The average molecular weight is 253 g/mol. The first-order valence-corrected chi connectivity index (χ1v) is 7.36. The van der Waals surface area contributed by atoms with Gasteiger partial charge in [0, 0.05) is 19.1 Å². The molecule has 1 unspecified atom stereocenters. The van der Waals surface area contributed by atoms with Gasteiger partial charge in [-0.25, -0.2) is 0 Å². The summed E-state index contributed by atoms with van der Waals surface area (Å²) in [7, 11) is 0. The third kappa shape index (κ3) is 4.58. The first kappa shape index (κ1) is 13.8. The zero-order valence-corrected chi connectivity index (χ0v) is 11.7. The highest BCUT2D eigenvalue weighted by atomic mass is 16.1. The minimum atomic E-state index is 0.152. The average Bonchev–Trinajstić information content (AvgIpc) is 3.02. The normalized spacial score (nSPS) is 24.7. The van der Waals surface area contributed by atoms with Gasteiger partial charge < -0.3 is 15.5 Å². The molecular weight excluding hydrogens is 226 g/mol. The smallest absolute Gasteiger partial charge is 0.233 e. The molecule has 0 aromatic heterocycles. The van der Waals surface area contributed by atoms with Gasteiger partial charge in [-0.1, -0.05) is 0 Å². The van der Waals surface area contributed by atoms with Crippen LogP contribution in [-0.2, 0) is 4.79 Å². The monoisotopic (exact) mass is 253 g/mol. The highest BCUT2D eigenvalue weighted by Gasteiger charge is 2.24. The minimum Gasteiger partial charge on any atom is -0.355 e. The van der Waals surface area contributed by atoms with Gasteiger partial charge in [0.05, 0.1) is 6.54 Å². The summed E-state index contributed by atoms with van der Waals surface area (Å²) in [5.41, 5.74) is 0. The Balaban J connectivity index is 1.52. The van der Waals surface area contributed by atoms with E-state index in [0.29, 0.717) is 18.5 Å². The van der Waals surface area contributed by atoms with E-state index in [-0.39, 0.29) is 5.91 Å². The number of hydrogen-bond donors (Lipinski definition) is 2. The van der Waals surface area contributed by atoms with E-state index in [1.54, 1.807) is 0 Å². The Morgan fingerprint density at radius 2 is 2.00 bits per heavy atom. The van der Waals surface area contributed by atoms with Crippen LogP contribution in [0.4, 0.5) is 0 Å². The highest BCUT2D eigenvalue weighted by Crippen LogP contribution is 2.27. The Hall–Kier alpha value is -0.610. The lowest BCUT2D eigenvalue weighted by molar-refractivity contribution is -0.120. The van der Waals surface area contributed by atoms with Crippen LogP contribution >= 0.6 is 0 Å². The molecule has 2 N–H and O–H groups in total. The van der Waals surface area contributed by atoms with Gasteiger partial charge in [0.1, 0.15) is 0 Å². The van der Waals surface area contributed by atoms with E-state index in [0.717, 1.165) is 25.6 Å². The van der Waals surface area contributed by atoms with Gasteiger partial charge in [-0.05, 0) is 58.0 Å². The molecule has 4 heteroatoms. The van der Waals surface area contributed by atoms with Gasteiger partial charge in [-0.15, -0.1) is 0 Å². The van der Waals surface area contributed by atoms with Gasteiger partial charge in [-0.3, -0.25) is 4.79 Å². The van der Waals surface area contributed by atoms with Gasteiger partial charge in [0.25, 0.3) is 0 Å². The predicted octanol–water partition coefficient (Wildman–Crippen LogP) is 0.833. The van der Waals surface area contributed by atoms with Crippen LogP contribution in [0.2, 0.25) is 0 Å². The summed E-state index contributed by atoms with van der Waals surface area (Å²) < 4.78 is 0. The van der Waals surface area contributed by atoms with Crippen molar-refractivity contribution in [2.75, 3.05) is 32.7 Å². The van der Waals surface area contributed by atoms with Crippen molar-refractivity contribution < 1.29 is 4.79 Å². The summed E-state index contributed by atoms with van der Waals surface area (Å²) in [5, 5.41) is 6.28. The van der Waals surface area contributed by atoms with E-state index in [2.05, 4.69) is 29.4 Å². The maximum atomic E-state index is 11.6. The summed E-state index contributed by atoms with van der Waals surface area (Å²) in [5.74, 6) is 1.63. The Labute approximate surface area is 110 Å². The molecule has 1 saturated heterocycles. The van der Waals surface area contributed by atoms with E-state index in [1.807, 2.05) is 0 Å². The maximum Gasteiger partial charge on any atom is 0.233 e. The zero-order chi connectivity index (χ0) is 13.0. The van der Waals surface area contributed by atoms with Gasteiger partial charge in [-0.2, -0.15) is 0 Å². The fraction of sp³-hybridized carbons (Fsp3) is 0.929. The van der Waals surface area contributed by atoms with E-state index < -0.39 is 0 Å². The van der Waals surface area contributed by atoms with Crippen LogP contribution < -0.4 is 10.6 Å². The summed E-state index contributed by atoms with van der Waals surface area (Å²) in [6.45, 7) is 9.12. The number of hydrogen-bond acceptors (Lipinski definition) is 3. The molecule has 1 atom stereocenters. The molecule has 0 spiro atoms. The summed E-state index contributed by atoms with van der Waals surface area (Å²) in [4.78, 5) is 14.1. The Bertz CT molecular complexity index is 276. The van der Waals surface area contributed by atoms with Crippen molar-refractivity contribution in [3.8, 4) is 0 Å². The molecule has 1 saturated carbocycles. The van der Waals surface area contributed by atoms with Crippen LogP contribution in [0.3, 0.4) is 0 Å². The molecule has 2 rings (SSSR count). The molecule has 0 bridgehead atoms. The van der Waals surface area contributed by atoms with Crippen LogP contribution in [0.5, 0.6) is 0 Å². The molecule has 1 aliphatic carbocycles. The Kier molecular flexibility index (Phi) is 5.01. The van der Waals surface area contributed by atoms with Gasteiger partial charge >= 0.3 is 0 Å². The number of carbonyl (C=O) groups is 1. The molecule has 0 aromatic carbocycles. The standard InChI is InChI=1S/C14H27N3O/c1-11(2)17-6-5-13(10-17)8-16-14(18)9-15-7-12-3-4-12/h11-13,15H,3-10H2,1-2H3,(H,16,18). The molecule has 4 nitrogen and oxygen atoms in total. The third-order valence-electron chi connectivity index (χ3n) is 4.05. The molecule has 104 valence electrons. The molecule has 1 heterocycles. The zero-order valence-electron chi connectivity index (χ0n) is 11.7. The fourth-order valence-corrected chi connectivity index (χ4v) is 2.53. The number of rotatable bonds is 7. The molecule has 1 amide bonds. The van der Waals surface area contributed by atoms with Crippen molar-refractivity contribution in [1.82, 2.24) is 15.5 Å². The lowest BCUT2D eigenvalue weighted by atomic mass is 10.1. The SMILES string of the molecule is CC(C)N1CCC(CNC(=O)CNCC2CC2)C1. The van der Waals surface area contributed by atoms with Crippen molar-refractivity contribution in [3.05, 3.63) is 0 Å². The molecule has 2 aliphatic rings. The lowest BCUT2D eigenvalue weighted by Crippen LogP contribution is -2.38. The molecule has 2 fully saturated rings. The largest absolute Gasteiger partial charge is 0.355 e. The second-order valence-corrected chi connectivity index (χ2v) is 6.12. The number of nitrogens with zero attached hydrogens (tertiary/aromatic N) is 1. The predicted molar refractivity (Wildman–Crippen MR) is 73.4 cm³/mol. The van der Waals surface area contributed by atoms with Crippen molar-refractivity contribution in [2.45, 2.75) is 39.2 Å². The first-order chi connectivity index (χ1) is 8.65. The van der Waals surface area contributed by atoms with E-state index in [1.165, 1.54) is 25.8 Å². The van der Waals surface area contributed by atoms with Gasteiger partial charge in [0.2, 0.25) is 5.91 Å². The lowest BCUT2D eigenvalue weighted by Gasteiger charge is -2.20. The molecule has 0 radical (unpaired) electrons. The van der Waals surface area contributed by atoms with Crippen LogP contribution in [-0.4, -0.2) is 49.6 Å². The second-order valence-electron chi connectivity index (χ2n) is 6.12. The van der Waals surface area contributed by atoms with Crippen LogP contribution in [0.15, 0.2) is 0 Å². The van der Waals surface area contributed by atoms with Crippen LogP contribution in [0.1, 0.15) is 33.1 Å². The van der Waals surface area contributed by atoms with Crippen LogP contribution in [0.25, 0.3) is 0 Å². The van der Waals surface area contributed by atoms with Crippen molar-refractivity contribution >= 4 is 5.91 Å². The first-order valence-electron chi connectivity index (χ1n) is 7.36. The Morgan fingerprint density at radius 3 is 2.61 bits per heavy atom. The molecular formula is C14H27N3O. The number of nitrogens with one attached hydrogen (secondary N) is 2. The van der Waals surface area contributed by atoms with Crippen molar-refractivity contribution in [3.63, 3.8) is 0 Å². The fourth-order valence-electron chi connectivity index (χ4n) is 2.53. The molecule has 18 heavy (non-hydrogen) atoms. The summed E-state index contributed by atoms with van der Waals surface area (Å²) in [6.07, 6.45) is 3.89. The number of likely N-dealkylation sites (tertiary alicyclic amines) is 1. The van der Waals surface area contributed by atoms with Crippen molar-refractivity contribution in [2.24, 2.45) is 11.8 Å². The van der Waals surface area contributed by atoms with Crippen molar-refractivity contribution in [1.29, 1.82) is 0 Å². The quantitative estimate of drug-likeness (QED) is 0.706. The Morgan fingerprint density at radius 1 is 1.22 bits per heavy atom. The third-order valence-corrected chi connectivity index (χ3v) is 4.05. The molecule has 0 aromatic rings. The van der Waals surface area contributed by atoms with Gasteiger partial charge in [0.15, 0.2) is 0 Å². The van der Waals surface area contributed by atoms with Crippen LogP contribution in [0, 0.1) is 11.8 Å².